The first-order valence-electron chi connectivity index (χ1n) is 5.94. The van der Waals surface area contributed by atoms with Crippen molar-refractivity contribution in [2.24, 2.45) is 0 Å². The molecule has 1 amide bonds. The molecule has 1 aliphatic carbocycles. The fourth-order valence-corrected chi connectivity index (χ4v) is 2.11. The number of amides is 1. The van der Waals surface area contributed by atoms with Crippen molar-refractivity contribution in [3.05, 3.63) is 53.6 Å². The van der Waals surface area contributed by atoms with Gasteiger partial charge in [-0.1, -0.05) is 37.3 Å². The molecule has 1 aromatic carbocycles. The maximum absolute atomic E-state index is 11.6. The van der Waals surface area contributed by atoms with E-state index in [2.05, 4.69) is 25.1 Å². The Morgan fingerprint density at radius 1 is 1.39 bits per heavy atom. The van der Waals surface area contributed by atoms with Crippen molar-refractivity contribution >= 4 is 11.5 Å². The van der Waals surface area contributed by atoms with Gasteiger partial charge in [-0.25, -0.2) is 5.06 Å². The van der Waals surface area contributed by atoms with E-state index in [9.17, 15) is 4.79 Å². The van der Waals surface area contributed by atoms with E-state index in [0.717, 1.165) is 5.57 Å². The maximum Gasteiger partial charge on any atom is 0.269 e. The first-order valence-corrected chi connectivity index (χ1v) is 5.94. The lowest BCUT2D eigenvalue weighted by Gasteiger charge is -2.10. The summed E-state index contributed by atoms with van der Waals surface area (Å²) in [6, 6.07) is 8.27. The summed E-state index contributed by atoms with van der Waals surface area (Å²) in [5.74, 6) is 0.228. The fraction of sp³-hybridized carbons (Fsp3) is 0.267. The number of benzene rings is 1. The topological polar surface area (TPSA) is 29.5 Å². The number of hydrogen-bond acceptors (Lipinski definition) is 2. The predicted octanol–water partition coefficient (Wildman–Crippen LogP) is 2.76. The van der Waals surface area contributed by atoms with Gasteiger partial charge in [-0.2, -0.15) is 0 Å². The molecule has 1 aromatic rings. The van der Waals surface area contributed by atoms with Gasteiger partial charge in [-0.3, -0.25) is 9.63 Å². The molecule has 0 heterocycles. The quantitative estimate of drug-likeness (QED) is 0.603. The van der Waals surface area contributed by atoms with Gasteiger partial charge < -0.3 is 0 Å². The first-order chi connectivity index (χ1) is 8.63. The standard InChI is InChI=1S/C15H17NO2/c1-11-10-12(8-9-15(17)16(2)18-3)14-7-5-4-6-13(11)14/h4-11H,1-3H3/b9-8-. The molecule has 0 fully saturated rings. The van der Waals surface area contributed by atoms with Gasteiger partial charge in [-0.05, 0) is 22.8 Å². The second-order valence-electron chi connectivity index (χ2n) is 4.35. The van der Waals surface area contributed by atoms with Crippen molar-refractivity contribution in [1.82, 2.24) is 5.06 Å². The minimum Gasteiger partial charge on any atom is -0.274 e. The molecule has 0 saturated heterocycles. The molecule has 3 nitrogen and oxygen atoms in total. The SMILES string of the molecule is CON(C)C(=O)/C=C\C1=CC(C)c2ccccc21. The average Bonchev–Trinajstić information content (AvgIpc) is 2.72. The summed E-state index contributed by atoms with van der Waals surface area (Å²) in [6.07, 6.45) is 5.55. The van der Waals surface area contributed by atoms with Crippen molar-refractivity contribution in [2.75, 3.05) is 14.2 Å². The largest absolute Gasteiger partial charge is 0.274 e. The van der Waals surface area contributed by atoms with Crippen molar-refractivity contribution in [3.63, 3.8) is 0 Å². The summed E-state index contributed by atoms with van der Waals surface area (Å²) < 4.78 is 0. The highest BCUT2D eigenvalue weighted by atomic mass is 16.7. The van der Waals surface area contributed by atoms with Crippen LogP contribution in [0.15, 0.2) is 42.5 Å². The van der Waals surface area contributed by atoms with Gasteiger partial charge in [0.2, 0.25) is 0 Å². The van der Waals surface area contributed by atoms with Gasteiger partial charge in [-0.15, -0.1) is 0 Å². The molecule has 0 radical (unpaired) electrons. The summed E-state index contributed by atoms with van der Waals surface area (Å²) in [5.41, 5.74) is 3.61. The molecule has 0 aromatic heterocycles. The lowest BCUT2D eigenvalue weighted by molar-refractivity contribution is -0.162. The van der Waals surface area contributed by atoms with E-state index in [1.165, 1.54) is 29.4 Å². The minimum atomic E-state index is -0.171. The summed E-state index contributed by atoms with van der Waals surface area (Å²) in [5, 5.41) is 1.20. The van der Waals surface area contributed by atoms with Crippen LogP contribution >= 0.6 is 0 Å². The number of allylic oxidation sites excluding steroid dienone is 3. The van der Waals surface area contributed by atoms with E-state index in [-0.39, 0.29) is 5.91 Å². The molecule has 1 atom stereocenters. The van der Waals surface area contributed by atoms with Crippen molar-refractivity contribution in [2.45, 2.75) is 12.8 Å². The average molecular weight is 243 g/mol. The second kappa shape index (κ2) is 5.19. The monoisotopic (exact) mass is 243 g/mol. The number of fused-ring (bicyclic) bond motifs is 1. The molecule has 18 heavy (non-hydrogen) atoms. The third kappa shape index (κ3) is 2.36. The summed E-state index contributed by atoms with van der Waals surface area (Å²) in [7, 11) is 3.06. The molecule has 0 aliphatic heterocycles. The Morgan fingerprint density at radius 3 is 2.83 bits per heavy atom. The number of likely N-dealkylation sites (N-methyl/N-ethyl adjacent to an activating group) is 1. The Kier molecular flexibility index (Phi) is 3.63. The van der Waals surface area contributed by atoms with Crippen LogP contribution in [0.4, 0.5) is 0 Å². The molecule has 1 aliphatic rings. The molecule has 3 heteroatoms. The van der Waals surface area contributed by atoms with Gasteiger partial charge in [0.25, 0.3) is 5.91 Å². The maximum atomic E-state index is 11.6. The molecule has 94 valence electrons. The zero-order chi connectivity index (χ0) is 13.1. The highest BCUT2D eigenvalue weighted by Gasteiger charge is 2.17. The van der Waals surface area contributed by atoms with Gasteiger partial charge in [0.1, 0.15) is 0 Å². The first kappa shape index (κ1) is 12.6. The van der Waals surface area contributed by atoms with E-state index < -0.39 is 0 Å². The minimum absolute atomic E-state index is 0.171. The van der Waals surface area contributed by atoms with Crippen LogP contribution in [-0.4, -0.2) is 25.1 Å². The number of hydroxylamine groups is 2. The molecule has 2 rings (SSSR count). The third-order valence-corrected chi connectivity index (χ3v) is 3.18. The summed E-state index contributed by atoms with van der Waals surface area (Å²) in [6.45, 7) is 2.16. The highest BCUT2D eigenvalue weighted by molar-refractivity contribution is 5.91. The molecule has 1 unspecified atom stereocenters. The van der Waals surface area contributed by atoms with Crippen molar-refractivity contribution in [1.29, 1.82) is 0 Å². The van der Waals surface area contributed by atoms with Crippen LogP contribution in [0, 0.1) is 0 Å². The van der Waals surface area contributed by atoms with Crippen LogP contribution in [0.5, 0.6) is 0 Å². The number of hydrogen-bond donors (Lipinski definition) is 0. The molecule has 0 N–H and O–H groups in total. The fourth-order valence-electron chi connectivity index (χ4n) is 2.11. The van der Waals surface area contributed by atoms with E-state index >= 15 is 0 Å². The van der Waals surface area contributed by atoms with Gasteiger partial charge in [0, 0.05) is 19.0 Å². The number of carbonyl (C=O) groups excluding carboxylic acids is 1. The zero-order valence-corrected chi connectivity index (χ0v) is 10.9. The van der Waals surface area contributed by atoms with Crippen LogP contribution in [0.2, 0.25) is 0 Å². The Morgan fingerprint density at radius 2 is 2.11 bits per heavy atom. The summed E-state index contributed by atoms with van der Waals surface area (Å²) >= 11 is 0. The molecule has 0 bridgehead atoms. The Hall–Kier alpha value is -1.87. The molecular weight excluding hydrogens is 226 g/mol. The van der Waals surface area contributed by atoms with Crippen molar-refractivity contribution < 1.29 is 9.63 Å². The van der Waals surface area contributed by atoms with Crippen LogP contribution in [0.1, 0.15) is 24.0 Å². The Balaban J connectivity index is 2.20. The lowest BCUT2D eigenvalue weighted by Crippen LogP contribution is -2.23. The van der Waals surface area contributed by atoms with Crippen LogP contribution in [-0.2, 0) is 9.63 Å². The van der Waals surface area contributed by atoms with Crippen LogP contribution < -0.4 is 0 Å². The summed E-state index contributed by atoms with van der Waals surface area (Å²) in [4.78, 5) is 16.4. The van der Waals surface area contributed by atoms with E-state index in [1.54, 1.807) is 7.05 Å². The normalized spacial score (nSPS) is 17.7. The van der Waals surface area contributed by atoms with Gasteiger partial charge in [0.05, 0.1) is 7.11 Å². The molecular formula is C15H17NO2. The number of nitrogens with zero attached hydrogens (tertiary/aromatic N) is 1. The van der Waals surface area contributed by atoms with Crippen molar-refractivity contribution in [3.8, 4) is 0 Å². The van der Waals surface area contributed by atoms with Gasteiger partial charge >= 0.3 is 0 Å². The number of rotatable bonds is 3. The molecule has 0 spiro atoms. The highest BCUT2D eigenvalue weighted by Crippen LogP contribution is 2.35. The third-order valence-electron chi connectivity index (χ3n) is 3.18. The Bertz CT molecular complexity index is 517. The Labute approximate surface area is 107 Å². The van der Waals surface area contributed by atoms with Crippen LogP contribution in [0.3, 0.4) is 0 Å². The second-order valence-corrected chi connectivity index (χ2v) is 4.35. The van der Waals surface area contributed by atoms with Gasteiger partial charge in [0.15, 0.2) is 0 Å². The molecule has 0 saturated carbocycles. The zero-order valence-electron chi connectivity index (χ0n) is 10.9. The predicted molar refractivity (Wildman–Crippen MR) is 71.8 cm³/mol. The smallest absolute Gasteiger partial charge is 0.269 e. The van der Waals surface area contributed by atoms with E-state index in [0.29, 0.717) is 5.92 Å². The van der Waals surface area contributed by atoms with Crippen LogP contribution in [0.25, 0.3) is 5.57 Å². The lowest BCUT2D eigenvalue weighted by atomic mass is 10.0. The number of carbonyl (C=O) groups is 1. The van der Waals surface area contributed by atoms with E-state index in [1.807, 2.05) is 18.2 Å². The van der Waals surface area contributed by atoms with E-state index in [4.69, 9.17) is 4.84 Å².